The molecule has 1 saturated heterocycles. The predicted molar refractivity (Wildman–Crippen MR) is 70.3 cm³/mol. The first kappa shape index (κ1) is 13.5. The van der Waals surface area contributed by atoms with Gasteiger partial charge in [0.2, 0.25) is 11.8 Å². The molecule has 0 radical (unpaired) electrons. The molecule has 1 aliphatic rings. The molecule has 5 nitrogen and oxygen atoms in total. The van der Waals surface area contributed by atoms with Crippen molar-refractivity contribution in [1.29, 1.82) is 0 Å². The van der Waals surface area contributed by atoms with Crippen molar-refractivity contribution >= 4 is 11.8 Å². The highest BCUT2D eigenvalue weighted by Gasteiger charge is 2.28. The fraction of sp³-hybridized carbons (Fsp3) is 0.429. The number of ether oxygens (including phenoxy) is 1. The molecule has 1 aromatic rings. The van der Waals surface area contributed by atoms with Crippen LogP contribution in [0.1, 0.15) is 18.4 Å². The van der Waals surface area contributed by atoms with Crippen LogP contribution in [0.15, 0.2) is 30.3 Å². The molecule has 5 heteroatoms. The van der Waals surface area contributed by atoms with Crippen LogP contribution in [0.4, 0.5) is 0 Å². The molecule has 0 spiro atoms. The summed E-state index contributed by atoms with van der Waals surface area (Å²) in [5, 5.41) is 5.25. The average Bonchev–Trinajstić information content (AvgIpc) is 2.44. The molecule has 102 valence electrons. The molecule has 19 heavy (non-hydrogen) atoms. The Hall–Kier alpha value is -1.88. The lowest BCUT2D eigenvalue weighted by molar-refractivity contribution is -0.133. The van der Waals surface area contributed by atoms with Crippen molar-refractivity contribution in [2.45, 2.75) is 25.5 Å². The number of amides is 2. The fourth-order valence-corrected chi connectivity index (χ4v) is 1.77. The highest BCUT2D eigenvalue weighted by Crippen LogP contribution is 2.02. The molecule has 0 bridgehead atoms. The van der Waals surface area contributed by atoms with Gasteiger partial charge in [-0.1, -0.05) is 30.3 Å². The minimum absolute atomic E-state index is 0.0943. The van der Waals surface area contributed by atoms with Crippen LogP contribution in [0.3, 0.4) is 0 Å². The Morgan fingerprint density at radius 2 is 2.16 bits per heavy atom. The van der Waals surface area contributed by atoms with E-state index in [9.17, 15) is 9.59 Å². The maximum Gasteiger partial charge on any atom is 0.244 e. The van der Waals surface area contributed by atoms with Gasteiger partial charge in [0.1, 0.15) is 6.04 Å². The predicted octanol–water partition coefficient (Wildman–Crippen LogP) is 0.598. The molecule has 0 aromatic heterocycles. The molecule has 0 saturated carbocycles. The van der Waals surface area contributed by atoms with Crippen LogP contribution < -0.4 is 10.6 Å². The van der Waals surface area contributed by atoms with Gasteiger partial charge < -0.3 is 15.4 Å². The average molecular weight is 262 g/mol. The Morgan fingerprint density at radius 3 is 2.79 bits per heavy atom. The van der Waals surface area contributed by atoms with E-state index >= 15 is 0 Å². The van der Waals surface area contributed by atoms with Gasteiger partial charge in [-0.25, -0.2) is 0 Å². The van der Waals surface area contributed by atoms with Crippen molar-refractivity contribution in [2.75, 3.05) is 13.2 Å². The van der Waals surface area contributed by atoms with Crippen LogP contribution in [-0.4, -0.2) is 31.0 Å². The van der Waals surface area contributed by atoms with Crippen molar-refractivity contribution in [2.24, 2.45) is 0 Å². The lowest BCUT2D eigenvalue weighted by Gasteiger charge is -2.26. The third-order valence-corrected chi connectivity index (χ3v) is 2.94. The first-order valence-corrected chi connectivity index (χ1v) is 6.44. The molecule has 0 aliphatic carbocycles. The third-order valence-electron chi connectivity index (χ3n) is 2.94. The number of β-lactam (4-membered cyclic amide) rings is 1. The second kappa shape index (κ2) is 6.89. The molecule has 2 amide bonds. The van der Waals surface area contributed by atoms with Gasteiger partial charge in [-0.2, -0.15) is 0 Å². The first-order chi connectivity index (χ1) is 9.25. The van der Waals surface area contributed by atoms with Crippen LogP contribution in [0.2, 0.25) is 0 Å². The highest BCUT2D eigenvalue weighted by atomic mass is 16.5. The van der Waals surface area contributed by atoms with E-state index in [0.717, 1.165) is 5.56 Å². The normalized spacial score (nSPS) is 17.5. The first-order valence-electron chi connectivity index (χ1n) is 6.44. The zero-order valence-corrected chi connectivity index (χ0v) is 10.7. The van der Waals surface area contributed by atoms with Gasteiger partial charge in [0, 0.05) is 19.6 Å². The van der Waals surface area contributed by atoms with E-state index in [4.69, 9.17) is 4.74 Å². The Balaban J connectivity index is 1.52. The molecule has 1 heterocycles. The van der Waals surface area contributed by atoms with Gasteiger partial charge in [-0.15, -0.1) is 0 Å². The van der Waals surface area contributed by atoms with Gasteiger partial charge in [0.25, 0.3) is 0 Å². The molecule has 1 fully saturated rings. The third kappa shape index (κ3) is 4.37. The molecule has 1 aromatic carbocycles. The van der Waals surface area contributed by atoms with Crippen LogP contribution >= 0.6 is 0 Å². The molecular weight excluding hydrogens is 244 g/mol. The highest BCUT2D eigenvalue weighted by molar-refractivity contribution is 5.92. The van der Waals surface area contributed by atoms with E-state index < -0.39 is 0 Å². The summed E-state index contributed by atoms with van der Waals surface area (Å²) < 4.78 is 5.48. The van der Waals surface area contributed by atoms with E-state index in [0.29, 0.717) is 32.6 Å². The SMILES string of the molecule is O=C(CCCOCc1ccccc1)N[C@@H]1CNC1=O. The number of hydrogen-bond donors (Lipinski definition) is 2. The van der Waals surface area contributed by atoms with Crippen molar-refractivity contribution in [1.82, 2.24) is 10.6 Å². The summed E-state index contributed by atoms with van der Waals surface area (Å²) in [4.78, 5) is 22.4. The van der Waals surface area contributed by atoms with Crippen molar-refractivity contribution in [3.05, 3.63) is 35.9 Å². The fourth-order valence-electron chi connectivity index (χ4n) is 1.77. The van der Waals surface area contributed by atoms with Crippen LogP contribution in [0.5, 0.6) is 0 Å². The largest absolute Gasteiger partial charge is 0.377 e. The number of nitrogens with one attached hydrogen (secondary N) is 2. The van der Waals surface area contributed by atoms with E-state index in [2.05, 4.69) is 10.6 Å². The molecule has 0 unspecified atom stereocenters. The summed E-state index contributed by atoms with van der Waals surface area (Å²) in [7, 11) is 0. The lowest BCUT2D eigenvalue weighted by atomic mass is 10.1. The summed E-state index contributed by atoms with van der Waals surface area (Å²) in [6.45, 7) is 1.64. The zero-order valence-electron chi connectivity index (χ0n) is 10.7. The van der Waals surface area contributed by atoms with Gasteiger partial charge in [0.05, 0.1) is 6.61 Å². The second-order valence-corrected chi connectivity index (χ2v) is 4.51. The van der Waals surface area contributed by atoms with Gasteiger partial charge >= 0.3 is 0 Å². The van der Waals surface area contributed by atoms with Crippen molar-refractivity contribution < 1.29 is 14.3 Å². The molecule has 2 rings (SSSR count). The second-order valence-electron chi connectivity index (χ2n) is 4.51. The summed E-state index contributed by atoms with van der Waals surface area (Å²) >= 11 is 0. The molecule has 2 N–H and O–H groups in total. The minimum atomic E-state index is -0.335. The van der Waals surface area contributed by atoms with E-state index in [1.807, 2.05) is 30.3 Å². The maximum absolute atomic E-state index is 11.5. The van der Waals surface area contributed by atoms with Crippen molar-refractivity contribution in [3.63, 3.8) is 0 Å². The Labute approximate surface area is 112 Å². The van der Waals surface area contributed by atoms with Gasteiger partial charge in [-0.05, 0) is 12.0 Å². The van der Waals surface area contributed by atoms with Crippen LogP contribution in [0.25, 0.3) is 0 Å². The number of rotatable bonds is 7. The molecule has 1 atom stereocenters. The van der Waals surface area contributed by atoms with Crippen LogP contribution in [-0.2, 0) is 20.9 Å². The smallest absolute Gasteiger partial charge is 0.244 e. The quantitative estimate of drug-likeness (QED) is 0.558. The van der Waals surface area contributed by atoms with E-state index in [1.165, 1.54) is 0 Å². The van der Waals surface area contributed by atoms with E-state index in [-0.39, 0.29) is 17.9 Å². The van der Waals surface area contributed by atoms with Crippen LogP contribution in [0, 0.1) is 0 Å². The topological polar surface area (TPSA) is 67.4 Å². The Bertz CT molecular complexity index is 434. The number of hydrogen-bond acceptors (Lipinski definition) is 3. The van der Waals surface area contributed by atoms with Gasteiger partial charge in [0.15, 0.2) is 0 Å². The molecule has 1 aliphatic heterocycles. The Morgan fingerprint density at radius 1 is 1.37 bits per heavy atom. The molecular formula is C14H18N2O3. The van der Waals surface area contributed by atoms with Crippen molar-refractivity contribution in [3.8, 4) is 0 Å². The summed E-state index contributed by atoms with van der Waals surface area (Å²) in [5.41, 5.74) is 1.12. The zero-order chi connectivity index (χ0) is 13.5. The number of carbonyl (C=O) groups is 2. The monoisotopic (exact) mass is 262 g/mol. The summed E-state index contributed by atoms with van der Waals surface area (Å²) in [6.07, 6.45) is 1.05. The number of carbonyl (C=O) groups excluding carboxylic acids is 2. The van der Waals surface area contributed by atoms with E-state index in [1.54, 1.807) is 0 Å². The summed E-state index contributed by atoms with van der Waals surface area (Å²) in [6, 6.07) is 9.57. The Kier molecular flexibility index (Phi) is 4.92. The lowest BCUT2D eigenvalue weighted by Crippen LogP contribution is -2.61. The maximum atomic E-state index is 11.5. The van der Waals surface area contributed by atoms with Gasteiger partial charge in [-0.3, -0.25) is 9.59 Å². The standard InChI is InChI=1S/C14H18N2O3/c17-13(16-12-9-15-14(12)18)7-4-8-19-10-11-5-2-1-3-6-11/h1-3,5-6,12H,4,7-10H2,(H,15,18)(H,16,17)/t12-/m1/s1. The minimum Gasteiger partial charge on any atom is -0.377 e. The number of benzene rings is 1. The summed E-state index contributed by atoms with van der Waals surface area (Å²) in [5.74, 6) is -0.197.